The van der Waals surface area contributed by atoms with Crippen LogP contribution in [-0.4, -0.2) is 30.1 Å². The highest BCUT2D eigenvalue weighted by Gasteiger charge is 2.24. The number of aromatic nitrogens is 6. The largest absolute Gasteiger partial charge is 0.368 e. The second-order valence-corrected chi connectivity index (χ2v) is 6.93. The number of nitrogens with one attached hydrogen (secondary N) is 2. The van der Waals surface area contributed by atoms with Crippen LogP contribution in [0.5, 0.6) is 0 Å². The molecule has 4 aromatic rings. The molecule has 0 atom stereocenters. The Morgan fingerprint density at radius 1 is 1.04 bits per heavy atom. The standard InChI is InChI=1S/C19H20N8/c1-11-5-4-6-15(22-11)19(2,3)26-18-24-16(23-17(20)25-18)12-7-8-13-10-21-27-14(13)9-12/h4-10H,1-3H3,(H,21,27)(H3,20,23,24,25,26). The molecule has 4 rings (SSSR count). The van der Waals surface area contributed by atoms with Gasteiger partial charge < -0.3 is 11.1 Å². The first kappa shape index (κ1) is 16.9. The summed E-state index contributed by atoms with van der Waals surface area (Å²) in [5.74, 6) is 1.05. The molecule has 0 fully saturated rings. The SMILES string of the molecule is Cc1cccc(C(C)(C)Nc2nc(N)nc(-c3ccc4cn[nH]c4c3)n2)n1. The molecule has 3 heterocycles. The Morgan fingerprint density at radius 2 is 1.89 bits per heavy atom. The van der Waals surface area contributed by atoms with Gasteiger partial charge in [0.2, 0.25) is 11.9 Å². The first-order chi connectivity index (χ1) is 12.9. The molecule has 0 bridgehead atoms. The normalized spacial score (nSPS) is 11.7. The summed E-state index contributed by atoms with van der Waals surface area (Å²) in [4.78, 5) is 17.7. The predicted octanol–water partition coefficient (Wildman–Crippen LogP) is 3.05. The van der Waals surface area contributed by atoms with E-state index in [1.807, 2.05) is 57.2 Å². The Morgan fingerprint density at radius 3 is 2.70 bits per heavy atom. The van der Waals surface area contributed by atoms with E-state index in [0.717, 1.165) is 27.9 Å². The molecule has 136 valence electrons. The van der Waals surface area contributed by atoms with Crippen LogP contribution in [0.4, 0.5) is 11.9 Å². The fourth-order valence-electron chi connectivity index (χ4n) is 2.89. The van der Waals surface area contributed by atoms with Gasteiger partial charge in [-0.05, 0) is 39.0 Å². The van der Waals surface area contributed by atoms with Crippen LogP contribution in [-0.2, 0) is 5.54 Å². The molecule has 0 saturated heterocycles. The number of aromatic amines is 1. The number of hydrogen-bond acceptors (Lipinski definition) is 7. The van der Waals surface area contributed by atoms with E-state index >= 15 is 0 Å². The smallest absolute Gasteiger partial charge is 0.228 e. The zero-order valence-electron chi connectivity index (χ0n) is 15.4. The lowest BCUT2D eigenvalue weighted by Gasteiger charge is -2.26. The summed E-state index contributed by atoms with van der Waals surface area (Å²) in [5, 5.41) is 11.3. The minimum atomic E-state index is -0.482. The van der Waals surface area contributed by atoms with Gasteiger partial charge in [0.05, 0.1) is 22.9 Å². The first-order valence-corrected chi connectivity index (χ1v) is 8.58. The Bertz CT molecular complexity index is 1120. The van der Waals surface area contributed by atoms with Crippen molar-refractivity contribution in [1.29, 1.82) is 0 Å². The maximum Gasteiger partial charge on any atom is 0.228 e. The van der Waals surface area contributed by atoms with E-state index in [1.165, 1.54) is 0 Å². The van der Waals surface area contributed by atoms with Crippen LogP contribution in [0.15, 0.2) is 42.6 Å². The van der Waals surface area contributed by atoms with Gasteiger partial charge >= 0.3 is 0 Å². The molecule has 0 spiro atoms. The van der Waals surface area contributed by atoms with Gasteiger partial charge in [-0.1, -0.05) is 18.2 Å². The lowest BCUT2D eigenvalue weighted by molar-refractivity contribution is 0.578. The molecule has 0 radical (unpaired) electrons. The van der Waals surface area contributed by atoms with Crippen LogP contribution in [0.25, 0.3) is 22.3 Å². The van der Waals surface area contributed by atoms with Gasteiger partial charge in [-0.15, -0.1) is 0 Å². The quantitative estimate of drug-likeness (QED) is 0.512. The Kier molecular flexibility index (Phi) is 3.95. The average molecular weight is 360 g/mol. The maximum absolute atomic E-state index is 5.93. The Hall–Kier alpha value is -3.55. The Labute approximate surface area is 156 Å². The second-order valence-electron chi connectivity index (χ2n) is 6.93. The molecule has 8 nitrogen and oxygen atoms in total. The first-order valence-electron chi connectivity index (χ1n) is 8.58. The van der Waals surface area contributed by atoms with Crippen molar-refractivity contribution in [2.75, 3.05) is 11.1 Å². The third-order valence-corrected chi connectivity index (χ3v) is 4.31. The number of nitrogens with zero attached hydrogens (tertiary/aromatic N) is 5. The van der Waals surface area contributed by atoms with E-state index in [9.17, 15) is 0 Å². The minimum Gasteiger partial charge on any atom is -0.368 e. The van der Waals surface area contributed by atoms with E-state index in [-0.39, 0.29) is 5.95 Å². The van der Waals surface area contributed by atoms with Crippen LogP contribution in [0.1, 0.15) is 25.2 Å². The molecule has 0 aliphatic carbocycles. The van der Waals surface area contributed by atoms with E-state index < -0.39 is 5.54 Å². The molecule has 0 unspecified atom stereocenters. The summed E-state index contributed by atoms with van der Waals surface area (Å²) in [7, 11) is 0. The summed E-state index contributed by atoms with van der Waals surface area (Å²) in [6.45, 7) is 6.00. The highest BCUT2D eigenvalue weighted by atomic mass is 15.2. The summed E-state index contributed by atoms with van der Waals surface area (Å²) in [5.41, 5.74) is 9.03. The predicted molar refractivity (Wildman–Crippen MR) is 105 cm³/mol. The minimum absolute atomic E-state index is 0.153. The van der Waals surface area contributed by atoms with Gasteiger partial charge in [0, 0.05) is 16.6 Å². The van der Waals surface area contributed by atoms with E-state index in [0.29, 0.717) is 11.8 Å². The Balaban J connectivity index is 1.69. The molecular weight excluding hydrogens is 340 g/mol. The van der Waals surface area contributed by atoms with Crippen LogP contribution in [0, 0.1) is 6.92 Å². The highest BCUT2D eigenvalue weighted by molar-refractivity contribution is 5.82. The van der Waals surface area contributed by atoms with E-state index in [2.05, 4.69) is 35.5 Å². The van der Waals surface area contributed by atoms with Crippen LogP contribution >= 0.6 is 0 Å². The average Bonchev–Trinajstić information content (AvgIpc) is 3.08. The molecule has 27 heavy (non-hydrogen) atoms. The number of anilines is 2. The van der Waals surface area contributed by atoms with Crippen molar-refractivity contribution in [3.8, 4) is 11.4 Å². The van der Waals surface area contributed by atoms with Gasteiger partial charge in [-0.3, -0.25) is 10.1 Å². The van der Waals surface area contributed by atoms with Crippen LogP contribution in [0.3, 0.4) is 0 Å². The number of hydrogen-bond donors (Lipinski definition) is 3. The topological polar surface area (TPSA) is 118 Å². The second kappa shape index (κ2) is 6.31. The molecule has 1 aromatic carbocycles. The number of rotatable bonds is 4. The summed E-state index contributed by atoms with van der Waals surface area (Å²) >= 11 is 0. The molecule has 3 aromatic heterocycles. The lowest BCUT2D eigenvalue weighted by atomic mass is 10.00. The van der Waals surface area contributed by atoms with E-state index in [1.54, 1.807) is 6.20 Å². The number of aryl methyl sites for hydroxylation is 1. The van der Waals surface area contributed by atoms with Crippen molar-refractivity contribution in [3.63, 3.8) is 0 Å². The van der Waals surface area contributed by atoms with Crippen molar-refractivity contribution in [2.24, 2.45) is 0 Å². The number of nitrogens with two attached hydrogens (primary N) is 1. The molecule has 0 aliphatic heterocycles. The number of nitrogen functional groups attached to an aromatic ring is 1. The van der Waals surface area contributed by atoms with Crippen molar-refractivity contribution in [1.82, 2.24) is 30.1 Å². The van der Waals surface area contributed by atoms with Gasteiger partial charge in [0.25, 0.3) is 0 Å². The number of benzene rings is 1. The molecule has 0 aliphatic rings. The van der Waals surface area contributed by atoms with Crippen LogP contribution < -0.4 is 11.1 Å². The molecule has 0 saturated carbocycles. The molecule has 0 amide bonds. The lowest BCUT2D eigenvalue weighted by Crippen LogP contribution is -2.30. The number of H-pyrrole nitrogens is 1. The van der Waals surface area contributed by atoms with Crippen molar-refractivity contribution in [2.45, 2.75) is 26.3 Å². The van der Waals surface area contributed by atoms with Gasteiger partial charge in [0.1, 0.15) is 0 Å². The fraction of sp³-hybridized carbons (Fsp3) is 0.211. The summed E-state index contributed by atoms with van der Waals surface area (Å²) < 4.78 is 0. The third-order valence-electron chi connectivity index (χ3n) is 4.31. The van der Waals surface area contributed by atoms with Crippen molar-refractivity contribution < 1.29 is 0 Å². The van der Waals surface area contributed by atoms with Crippen LogP contribution in [0.2, 0.25) is 0 Å². The van der Waals surface area contributed by atoms with Gasteiger partial charge in [-0.2, -0.15) is 20.1 Å². The third kappa shape index (κ3) is 3.41. The number of pyridine rings is 1. The molecule has 8 heteroatoms. The summed E-state index contributed by atoms with van der Waals surface area (Å²) in [6.07, 6.45) is 1.77. The van der Waals surface area contributed by atoms with Gasteiger partial charge in [-0.25, -0.2) is 0 Å². The molecular formula is C19H20N8. The zero-order valence-corrected chi connectivity index (χ0v) is 15.4. The van der Waals surface area contributed by atoms with Crippen molar-refractivity contribution in [3.05, 3.63) is 54.0 Å². The highest BCUT2D eigenvalue weighted by Crippen LogP contribution is 2.25. The monoisotopic (exact) mass is 360 g/mol. The van der Waals surface area contributed by atoms with E-state index in [4.69, 9.17) is 5.73 Å². The summed E-state index contributed by atoms with van der Waals surface area (Å²) in [6, 6.07) is 11.7. The zero-order chi connectivity index (χ0) is 19.0. The number of fused-ring (bicyclic) bond motifs is 1. The molecule has 4 N–H and O–H groups in total. The fourth-order valence-corrected chi connectivity index (χ4v) is 2.89. The maximum atomic E-state index is 5.93. The van der Waals surface area contributed by atoms with Crippen molar-refractivity contribution >= 4 is 22.8 Å². The van der Waals surface area contributed by atoms with Gasteiger partial charge in [0.15, 0.2) is 5.82 Å².